The van der Waals surface area contributed by atoms with E-state index in [-0.39, 0.29) is 28.5 Å². The average Bonchev–Trinajstić information content (AvgIpc) is 2.89. The lowest BCUT2D eigenvalue weighted by Gasteiger charge is -2.16. The third-order valence-corrected chi connectivity index (χ3v) is 5.02. The van der Waals surface area contributed by atoms with E-state index in [1.807, 2.05) is 50.2 Å². The van der Waals surface area contributed by atoms with Gasteiger partial charge in [0.05, 0.1) is 24.2 Å². The number of benzene rings is 3. The zero-order chi connectivity index (χ0) is 26.2. The number of nitrogens with zero attached hydrogens (tertiary/aromatic N) is 1. The molecule has 0 aliphatic heterocycles. The lowest BCUT2D eigenvalue weighted by Crippen LogP contribution is -2.07. The lowest BCUT2D eigenvalue weighted by molar-refractivity contribution is -0.108. The molecule has 0 bridgehead atoms. The number of aldehydes is 1. The van der Waals surface area contributed by atoms with Crippen LogP contribution in [0.3, 0.4) is 0 Å². The van der Waals surface area contributed by atoms with Gasteiger partial charge < -0.3 is 14.3 Å². The first-order chi connectivity index (χ1) is 17.0. The highest BCUT2D eigenvalue weighted by Gasteiger charge is 2.21. The monoisotopic (exact) mass is 497 g/mol. The van der Waals surface area contributed by atoms with Gasteiger partial charge in [-0.05, 0) is 35.4 Å². The highest BCUT2D eigenvalue weighted by Crippen LogP contribution is 2.38. The molecular formula is C29H33ClFNO3. The van der Waals surface area contributed by atoms with Crippen molar-refractivity contribution in [3.05, 3.63) is 88.2 Å². The van der Waals surface area contributed by atoms with Gasteiger partial charge in [-0.2, -0.15) is 5.26 Å². The molecule has 1 unspecified atom stereocenters. The number of carbonyl (C=O) groups excluding carboxylic acids is 1. The van der Waals surface area contributed by atoms with Crippen molar-refractivity contribution < 1.29 is 18.7 Å². The van der Waals surface area contributed by atoms with E-state index in [4.69, 9.17) is 21.1 Å². The molecule has 3 rings (SSSR count). The number of hydrogen-bond acceptors (Lipinski definition) is 4. The molecule has 4 nitrogen and oxygen atoms in total. The second kappa shape index (κ2) is 16.4. The number of hydrogen-bond donors (Lipinski definition) is 0. The molecule has 3 aromatic carbocycles. The maximum atomic E-state index is 15.3. The smallest absolute Gasteiger partial charge is 0.174 e. The molecule has 3 aromatic rings. The molecule has 186 valence electrons. The van der Waals surface area contributed by atoms with Gasteiger partial charge in [0.15, 0.2) is 11.6 Å². The van der Waals surface area contributed by atoms with Crippen LogP contribution >= 0.6 is 11.6 Å². The van der Waals surface area contributed by atoms with Gasteiger partial charge >= 0.3 is 0 Å². The Morgan fingerprint density at radius 2 is 1.69 bits per heavy atom. The number of nitriles is 1. The Kier molecular flexibility index (Phi) is 14.0. The second-order valence-corrected chi connectivity index (χ2v) is 7.63. The minimum Gasteiger partial charge on any atom is -0.488 e. The maximum absolute atomic E-state index is 15.3. The molecule has 6 heteroatoms. The van der Waals surface area contributed by atoms with Crippen molar-refractivity contribution >= 4 is 17.9 Å². The lowest BCUT2D eigenvalue weighted by atomic mass is 9.89. The van der Waals surface area contributed by atoms with Crippen LogP contribution in [0.25, 0.3) is 11.1 Å². The molecule has 0 aliphatic rings. The van der Waals surface area contributed by atoms with Crippen LogP contribution in [0.2, 0.25) is 5.02 Å². The van der Waals surface area contributed by atoms with E-state index in [9.17, 15) is 10.1 Å². The second-order valence-electron chi connectivity index (χ2n) is 7.22. The molecule has 0 spiro atoms. The summed E-state index contributed by atoms with van der Waals surface area (Å²) in [5, 5.41) is 9.79. The number of halogens is 2. The molecule has 0 heterocycles. The predicted molar refractivity (Wildman–Crippen MR) is 141 cm³/mol. The Morgan fingerprint density at radius 3 is 2.26 bits per heavy atom. The fourth-order valence-electron chi connectivity index (χ4n) is 3.20. The van der Waals surface area contributed by atoms with Crippen LogP contribution in [0.4, 0.5) is 4.39 Å². The first-order valence-electron chi connectivity index (χ1n) is 11.7. The van der Waals surface area contributed by atoms with Crippen molar-refractivity contribution in [1.29, 1.82) is 5.26 Å². The van der Waals surface area contributed by atoms with Gasteiger partial charge in [-0.3, -0.25) is 0 Å². The van der Waals surface area contributed by atoms with Crippen LogP contribution in [-0.2, 0) is 9.53 Å². The minimum atomic E-state index is -0.688. The molecule has 0 saturated carbocycles. The van der Waals surface area contributed by atoms with Crippen LogP contribution < -0.4 is 4.74 Å². The Morgan fingerprint density at radius 1 is 1.03 bits per heavy atom. The summed E-state index contributed by atoms with van der Waals surface area (Å²) < 4.78 is 25.7. The van der Waals surface area contributed by atoms with E-state index in [0.29, 0.717) is 17.7 Å². The number of methoxy groups -OCH3 is 1. The molecule has 0 aliphatic carbocycles. The first kappa shape index (κ1) is 29.8. The van der Waals surface area contributed by atoms with E-state index in [2.05, 4.69) is 13.8 Å². The predicted octanol–water partition coefficient (Wildman–Crippen LogP) is 7.82. The summed E-state index contributed by atoms with van der Waals surface area (Å²) in [6.45, 7) is 8.71. The third kappa shape index (κ3) is 8.20. The fourth-order valence-corrected chi connectivity index (χ4v) is 3.41. The highest BCUT2D eigenvalue weighted by atomic mass is 35.5. The first-order valence-corrected chi connectivity index (χ1v) is 12.0. The summed E-state index contributed by atoms with van der Waals surface area (Å²) in [7, 11) is 1.52. The van der Waals surface area contributed by atoms with Gasteiger partial charge in [-0.25, -0.2) is 4.39 Å². The molecule has 0 saturated heterocycles. The van der Waals surface area contributed by atoms with Crippen LogP contribution in [-0.4, -0.2) is 26.6 Å². The van der Waals surface area contributed by atoms with Gasteiger partial charge in [0, 0.05) is 23.3 Å². The van der Waals surface area contributed by atoms with E-state index in [1.54, 1.807) is 18.2 Å². The van der Waals surface area contributed by atoms with Gasteiger partial charge in [-0.1, -0.05) is 82.1 Å². The molecule has 0 N–H and O–H groups in total. The molecule has 0 amide bonds. The Balaban J connectivity index is 0.00000114. The SMILES string of the molecule is CC.CCC.COCCOc1ccc(C#N)c(-c2cc(C(C=O)c3ccccc3)ccc2Cl)c1F. The van der Waals surface area contributed by atoms with Crippen molar-refractivity contribution in [2.45, 2.75) is 40.0 Å². The van der Waals surface area contributed by atoms with Crippen molar-refractivity contribution in [2.75, 3.05) is 20.3 Å². The van der Waals surface area contributed by atoms with E-state index in [0.717, 1.165) is 11.8 Å². The van der Waals surface area contributed by atoms with Crippen LogP contribution in [0.1, 0.15) is 56.7 Å². The molecule has 0 fully saturated rings. The Hall–Kier alpha value is -3.20. The number of ether oxygens (including phenoxy) is 2. The van der Waals surface area contributed by atoms with E-state index < -0.39 is 11.7 Å². The quantitative estimate of drug-likeness (QED) is 0.235. The van der Waals surface area contributed by atoms with Crippen LogP contribution in [0.5, 0.6) is 5.75 Å². The fraction of sp³-hybridized carbons (Fsp3) is 0.310. The average molecular weight is 498 g/mol. The number of rotatable bonds is 8. The Bertz CT molecular complexity index is 1100. The van der Waals surface area contributed by atoms with E-state index >= 15 is 4.39 Å². The highest BCUT2D eigenvalue weighted by molar-refractivity contribution is 6.33. The normalized spacial score (nSPS) is 10.6. The minimum absolute atomic E-state index is 0.00230. The number of carbonyl (C=O) groups is 1. The zero-order valence-electron chi connectivity index (χ0n) is 21.0. The Labute approximate surface area is 213 Å². The molecule has 1 atom stereocenters. The largest absolute Gasteiger partial charge is 0.488 e. The van der Waals surface area contributed by atoms with Gasteiger partial charge in [-0.15, -0.1) is 0 Å². The van der Waals surface area contributed by atoms with Crippen molar-refractivity contribution in [2.24, 2.45) is 0 Å². The maximum Gasteiger partial charge on any atom is 0.174 e. The summed E-state index contributed by atoms with van der Waals surface area (Å²) in [6, 6.07) is 19.1. The topological polar surface area (TPSA) is 59.3 Å². The van der Waals surface area contributed by atoms with Crippen LogP contribution in [0, 0.1) is 17.1 Å². The van der Waals surface area contributed by atoms with Crippen LogP contribution in [0.15, 0.2) is 60.7 Å². The molecule has 0 aromatic heterocycles. The standard InChI is InChI=1S/C24H19ClFNO3.C3H8.C2H6/c1-29-11-12-30-22-10-8-18(14-27)23(24(22)26)19-13-17(7-9-21(19)25)20(15-28)16-5-3-2-4-6-16;1-3-2;1-2/h2-10,13,15,20H,11-12H2,1H3;3H2,1-2H3;1-2H3. The zero-order valence-corrected chi connectivity index (χ0v) is 21.7. The van der Waals surface area contributed by atoms with Crippen molar-refractivity contribution in [3.8, 4) is 22.9 Å². The molecular weight excluding hydrogens is 465 g/mol. The van der Waals surface area contributed by atoms with Crippen molar-refractivity contribution in [3.63, 3.8) is 0 Å². The third-order valence-electron chi connectivity index (χ3n) is 4.69. The summed E-state index contributed by atoms with van der Waals surface area (Å²) in [4.78, 5) is 11.8. The molecule has 0 radical (unpaired) electrons. The van der Waals surface area contributed by atoms with Gasteiger partial charge in [0.25, 0.3) is 0 Å². The molecule has 35 heavy (non-hydrogen) atoms. The van der Waals surface area contributed by atoms with E-state index in [1.165, 1.54) is 25.7 Å². The summed E-state index contributed by atoms with van der Waals surface area (Å²) in [5.41, 5.74) is 1.93. The summed E-state index contributed by atoms with van der Waals surface area (Å²) in [6.07, 6.45) is 2.08. The van der Waals surface area contributed by atoms with Gasteiger partial charge in [0.1, 0.15) is 12.9 Å². The summed E-state index contributed by atoms with van der Waals surface area (Å²) >= 11 is 6.38. The summed E-state index contributed by atoms with van der Waals surface area (Å²) in [5.74, 6) is -1.24. The van der Waals surface area contributed by atoms with Gasteiger partial charge in [0.2, 0.25) is 0 Å². The van der Waals surface area contributed by atoms with Crippen molar-refractivity contribution in [1.82, 2.24) is 0 Å².